The molecule has 1 aromatic rings. The molecule has 2 nitrogen and oxygen atoms in total. The van der Waals surface area contributed by atoms with Crippen LogP contribution in [-0.2, 0) is 11.2 Å². The fourth-order valence-corrected chi connectivity index (χ4v) is 1.73. The van der Waals surface area contributed by atoms with E-state index >= 15 is 0 Å². The molecule has 0 spiro atoms. The molecule has 0 aromatic heterocycles. The Labute approximate surface area is 105 Å². The summed E-state index contributed by atoms with van der Waals surface area (Å²) < 4.78 is 5.49. The van der Waals surface area contributed by atoms with E-state index in [1.54, 1.807) is 0 Å². The van der Waals surface area contributed by atoms with Crippen molar-refractivity contribution in [2.75, 3.05) is 26.3 Å². The summed E-state index contributed by atoms with van der Waals surface area (Å²) in [6.07, 6.45) is 3.48. The van der Waals surface area contributed by atoms with Crippen LogP contribution in [0, 0.1) is 6.92 Å². The number of hydrogen-bond donors (Lipinski definition) is 1. The van der Waals surface area contributed by atoms with Crippen molar-refractivity contribution in [3.8, 4) is 0 Å². The molecule has 0 fully saturated rings. The van der Waals surface area contributed by atoms with E-state index in [1.165, 1.54) is 24.0 Å². The van der Waals surface area contributed by atoms with Crippen molar-refractivity contribution < 1.29 is 4.74 Å². The van der Waals surface area contributed by atoms with E-state index in [0.29, 0.717) is 0 Å². The molecule has 0 radical (unpaired) electrons. The minimum Gasteiger partial charge on any atom is -0.380 e. The Balaban J connectivity index is 1.99. The largest absolute Gasteiger partial charge is 0.380 e. The fourth-order valence-electron chi connectivity index (χ4n) is 1.73. The summed E-state index contributed by atoms with van der Waals surface area (Å²) in [5, 5.41) is 3.41. The second kappa shape index (κ2) is 9.20. The molecule has 0 aliphatic heterocycles. The van der Waals surface area contributed by atoms with Crippen molar-refractivity contribution in [1.29, 1.82) is 0 Å². The van der Waals surface area contributed by atoms with E-state index in [2.05, 4.69) is 43.4 Å². The van der Waals surface area contributed by atoms with Crippen molar-refractivity contribution in [2.45, 2.75) is 33.1 Å². The first kappa shape index (κ1) is 14.2. The molecule has 2 heteroatoms. The van der Waals surface area contributed by atoms with Gasteiger partial charge in [0.2, 0.25) is 0 Å². The van der Waals surface area contributed by atoms with Crippen molar-refractivity contribution in [3.05, 3.63) is 35.4 Å². The molecule has 0 unspecified atom stereocenters. The third-order valence-corrected chi connectivity index (χ3v) is 2.90. The van der Waals surface area contributed by atoms with Crippen molar-refractivity contribution in [1.82, 2.24) is 5.32 Å². The van der Waals surface area contributed by atoms with Crippen LogP contribution in [0.4, 0.5) is 0 Å². The number of rotatable bonds is 9. The van der Waals surface area contributed by atoms with E-state index in [0.717, 1.165) is 32.7 Å². The number of hydrogen-bond acceptors (Lipinski definition) is 2. The van der Waals surface area contributed by atoms with E-state index in [-0.39, 0.29) is 0 Å². The molecule has 1 aromatic carbocycles. The topological polar surface area (TPSA) is 21.3 Å². The molecule has 0 bridgehead atoms. The van der Waals surface area contributed by atoms with Gasteiger partial charge in [0.25, 0.3) is 0 Å². The Morgan fingerprint density at radius 2 is 1.94 bits per heavy atom. The molecular weight excluding hydrogens is 210 g/mol. The fraction of sp³-hybridized carbons (Fsp3) is 0.600. The second-order valence-corrected chi connectivity index (χ2v) is 4.39. The Morgan fingerprint density at radius 3 is 2.71 bits per heavy atom. The van der Waals surface area contributed by atoms with Crippen LogP contribution in [0.5, 0.6) is 0 Å². The third-order valence-electron chi connectivity index (χ3n) is 2.90. The van der Waals surface area contributed by atoms with Gasteiger partial charge >= 0.3 is 0 Å². The van der Waals surface area contributed by atoms with Gasteiger partial charge in [-0.3, -0.25) is 0 Å². The van der Waals surface area contributed by atoms with Gasteiger partial charge in [0.15, 0.2) is 0 Å². The number of nitrogens with one attached hydrogen (secondary N) is 1. The lowest BCUT2D eigenvalue weighted by Gasteiger charge is -2.07. The maximum atomic E-state index is 5.49. The average Bonchev–Trinajstić information content (AvgIpc) is 2.35. The highest BCUT2D eigenvalue weighted by atomic mass is 16.5. The second-order valence-electron chi connectivity index (χ2n) is 4.39. The van der Waals surface area contributed by atoms with Crippen molar-refractivity contribution in [2.24, 2.45) is 0 Å². The van der Waals surface area contributed by atoms with Gasteiger partial charge in [0, 0.05) is 13.2 Å². The monoisotopic (exact) mass is 235 g/mol. The molecule has 1 rings (SSSR count). The zero-order valence-corrected chi connectivity index (χ0v) is 11.2. The van der Waals surface area contributed by atoms with Crippen LogP contribution < -0.4 is 5.32 Å². The third kappa shape index (κ3) is 6.44. The van der Waals surface area contributed by atoms with Gasteiger partial charge in [-0.1, -0.05) is 37.6 Å². The normalized spacial score (nSPS) is 10.7. The standard InChI is InChI=1S/C15H25NO/c1-3-4-12-17-13-11-16-10-9-15-8-6-5-7-14(15)2/h5-8,16H,3-4,9-13H2,1-2H3. The number of unbranched alkanes of at least 4 members (excludes halogenated alkanes) is 1. The highest BCUT2D eigenvalue weighted by molar-refractivity contribution is 5.25. The Bertz CT molecular complexity index is 299. The van der Waals surface area contributed by atoms with Gasteiger partial charge in [-0.2, -0.15) is 0 Å². The predicted octanol–water partition coefficient (Wildman–Crippen LogP) is 2.94. The molecule has 0 aliphatic rings. The molecule has 0 saturated heterocycles. The molecule has 17 heavy (non-hydrogen) atoms. The summed E-state index contributed by atoms with van der Waals surface area (Å²) in [6, 6.07) is 8.57. The summed E-state index contributed by atoms with van der Waals surface area (Å²) >= 11 is 0. The average molecular weight is 235 g/mol. The molecule has 96 valence electrons. The lowest BCUT2D eigenvalue weighted by Crippen LogP contribution is -2.22. The molecular formula is C15H25NO. The summed E-state index contributed by atoms with van der Waals surface area (Å²) in [5.74, 6) is 0. The molecule has 0 amide bonds. The molecule has 0 saturated carbocycles. The zero-order chi connectivity index (χ0) is 12.3. The van der Waals surface area contributed by atoms with Crippen molar-refractivity contribution >= 4 is 0 Å². The first-order valence-corrected chi connectivity index (χ1v) is 6.67. The molecule has 0 heterocycles. The minimum atomic E-state index is 0.827. The smallest absolute Gasteiger partial charge is 0.0590 e. The zero-order valence-electron chi connectivity index (χ0n) is 11.2. The summed E-state index contributed by atoms with van der Waals surface area (Å²) in [5.41, 5.74) is 2.82. The van der Waals surface area contributed by atoms with Gasteiger partial charge in [0.1, 0.15) is 0 Å². The highest BCUT2D eigenvalue weighted by Crippen LogP contribution is 2.06. The summed E-state index contributed by atoms with van der Waals surface area (Å²) in [4.78, 5) is 0. The predicted molar refractivity (Wildman–Crippen MR) is 73.5 cm³/mol. The quantitative estimate of drug-likeness (QED) is 0.664. The Hall–Kier alpha value is -0.860. The Kier molecular flexibility index (Phi) is 7.69. The van der Waals surface area contributed by atoms with Gasteiger partial charge in [-0.15, -0.1) is 0 Å². The van der Waals surface area contributed by atoms with E-state index < -0.39 is 0 Å². The maximum Gasteiger partial charge on any atom is 0.0590 e. The lowest BCUT2D eigenvalue weighted by atomic mass is 10.1. The summed E-state index contributed by atoms with van der Waals surface area (Å²) in [6.45, 7) is 8.06. The SMILES string of the molecule is CCCCOCCNCCc1ccccc1C. The minimum absolute atomic E-state index is 0.827. The van der Waals surface area contributed by atoms with E-state index in [4.69, 9.17) is 4.74 Å². The van der Waals surface area contributed by atoms with Crippen LogP contribution in [0.15, 0.2) is 24.3 Å². The van der Waals surface area contributed by atoms with Crippen LogP contribution in [0.3, 0.4) is 0 Å². The number of aryl methyl sites for hydroxylation is 1. The molecule has 1 N–H and O–H groups in total. The van der Waals surface area contributed by atoms with Gasteiger partial charge in [-0.05, 0) is 37.4 Å². The van der Waals surface area contributed by atoms with Gasteiger partial charge in [-0.25, -0.2) is 0 Å². The number of benzene rings is 1. The first-order chi connectivity index (χ1) is 8.34. The van der Waals surface area contributed by atoms with Crippen LogP contribution in [-0.4, -0.2) is 26.3 Å². The first-order valence-electron chi connectivity index (χ1n) is 6.67. The Morgan fingerprint density at radius 1 is 1.12 bits per heavy atom. The van der Waals surface area contributed by atoms with Crippen LogP contribution >= 0.6 is 0 Å². The van der Waals surface area contributed by atoms with E-state index in [1.807, 2.05) is 0 Å². The van der Waals surface area contributed by atoms with Gasteiger partial charge in [0.05, 0.1) is 6.61 Å². The van der Waals surface area contributed by atoms with Crippen molar-refractivity contribution in [3.63, 3.8) is 0 Å². The maximum absolute atomic E-state index is 5.49. The van der Waals surface area contributed by atoms with Crippen LogP contribution in [0.2, 0.25) is 0 Å². The lowest BCUT2D eigenvalue weighted by molar-refractivity contribution is 0.133. The molecule has 0 atom stereocenters. The van der Waals surface area contributed by atoms with Gasteiger partial charge < -0.3 is 10.1 Å². The highest BCUT2D eigenvalue weighted by Gasteiger charge is 1.96. The molecule has 0 aliphatic carbocycles. The van der Waals surface area contributed by atoms with E-state index in [9.17, 15) is 0 Å². The van der Waals surface area contributed by atoms with Crippen LogP contribution in [0.25, 0.3) is 0 Å². The van der Waals surface area contributed by atoms with Crippen LogP contribution in [0.1, 0.15) is 30.9 Å². The summed E-state index contributed by atoms with van der Waals surface area (Å²) in [7, 11) is 0. The number of ether oxygens (including phenoxy) is 1.